The van der Waals surface area contributed by atoms with Gasteiger partial charge in [0.25, 0.3) is 5.91 Å². The van der Waals surface area contributed by atoms with Gasteiger partial charge in [-0.1, -0.05) is 18.2 Å². The molecule has 1 atom stereocenters. The van der Waals surface area contributed by atoms with Crippen LogP contribution in [0.15, 0.2) is 30.5 Å². The first kappa shape index (κ1) is 14.1. The Kier molecular flexibility index (Phi) is 3.00. The zero-order valence-electron chi connectivity index (χ0n) is 13.6. The molecule has 1 aliphatic heterocycles. The lowest BCUT2D eigenvalue weighted by Gasteiger charge is -2.26. The van der Waals surface area contributed by atoms with Crippen molar-refractivity contribution in [3.8, 4) is 0 Å². The molecule has 0 saturated carbocycles. The zero-order chi connectivity index (χ0) is 16.3. The summed E-state index contributed by atoms with van der Waals surface area (Å²) in [6.07, 6.45) is 6.52. The van der Waals surface area contributed by atoms with Crippen LogP contribution in [0.1, 0.15) is 45.4 Å². The molecule has 2 N–H and O–H groups in total. The highest BCUT2D eigenvalue weighted by Crippen LogP contribution is 2.42. The van der Waals surface area contributed by atoms with Gasteiger partial charge in [0.2, 0.25) is 0 Å². The maximum absolute atomic E-state index is 12.8. The molecule has 122 valence electrons. The molecule has 0 radical (unpaired) electrons. The number of hydrogen-bond donors (Lipinski definition) is 2. The Morgan fingerprint density at radius 1 is 1.17 bits per heavy atom. The number of benzene rings is 1. The fourth-order valence-electron chi connectivity index (χ4n) is 4.04. The predicted octanol–water partition coefficient (Wildman–Crippen LogP) is 3.97. The maximum atomic E-state index is 12.8. The lowest BCUT2D eigenvalue weighted by Crippen LogP contribution is -2.38. The number of hydrogen-bond acceptors (Lipinski definition) is 3. The fraction of sp³-hybridized carbons (Fsp3) is 0.316. The SMILES string of the molecule is Cn1cc([C@H]2NC(=O)c3c(sc4c3CCCC4)N2)c2ccccc21. The van der Waals surface area contributed by atoms with Crippen LogP contribution in [0.25, 0.3) is 10.9 Å². The van der Waals surface area contributed by atoms with Gasteiger partial charge in [-0.15, -0.1) is 11.3 Å². The fourth-order valence-corrected chi connectivity index (χ4v) is 5.35. The van der Waals surface area contributed by atoms with Crippen LogP contribution in [0.4, 0.5) is 5.00 Å². The molecule has 5 rings (SSSR count). The first-order valence-electron chi connectivity index (χ1n) is 8.48. The Labute approximate surface area is 144 Å². The minimum atomic E-state index is -0.170. The molecule has 0 unspecified atom stereocenters. The van der Waals surface area contributed by atoms with Crippen LogP contribution in [0.2, 0.25) is 0 Å². The van der Waals surface area contributed by atoms with Gasteiger partial charge >= 0.3 is 0 Å². The Morgan fingerprint density at radius 2 is 2.00 bits per heavy atom. The molecule has 2 aromatic heterocycles. The summed E-state index contributed by atoms with van der Waals surface area (Å²) >= 11 is 1.77. The minimum absolute atomic E-state index is 0.0704. The average molecular weight is 337 g/mol. The van der Waals surface area contributed by atoms with Crippen LogP contribution in [0.5, 0.6) is 0 Å². The standard InChI is InChI=1S/C19H19N3OS/c1-22-10-13(11-6-2-4-8-14(11)22)17-20-18(23)16-12-7-3-5-9-15(12)24-19(16)21-17/h2,4,6,8,10,17,21H,3,5,7,9H2,1H3,(H,20,23)/t17-/m0/s1. The van der Waals surface area contributed by atoms with E-state index >= 15 is 0 Å². The highest BCUT2D eigenvalue weighted by atomic mass is 32.1. The summed E-state index contributed by atoms with van der Waals surface area (Å²) in [5.74, 6) is 0.0704. The van der Waals surface area contributed by atoms with E-state index in [9.17, 15) is 4.79 Å². The van der Waals surface area contributed by atoms with Crippen molar-refractivity contribution in [3.63, 3.8) is 0 Å². The summed E-state index contributed by atoms with van der Waals surface area (Å²) in [6.45, 7) is 0. The number of fused-ring (bicyclic) bond motifs is 4. The lowest BCUT2D eigenvalue weighted by molar-refractivity contribution is 0.0935. The van der Waals surface area contributed by atoms with E-state index in [4.69, 9.17) is 0 Å². The molecule has 1 aromatic carbocycles. The second-order valence-corrected chi connectivity index (χ2v) is 7.78. The number of anilines is 1. The number of rotatable bonds is 1. The van der Waals surface area contributed by atoms with Crippen molar-refractivity contribution in [1.82, 2.24) is 9.88 Å². The molecule has 0 bridgehead atoms. The van der Waals surface area contributed by atoms with Crippen molar-refractivity contribution in [2.75, 3.05) is 5.32 Å². The number of nitrogens with zero attached hydrogens (tertiary/aromatic N) is 1. The molecule has 24 heavy (non-hydrogen) atoms. The molecule has 2 aliphatic rings. The molecule has 3 heterocycles. The van der Waals surface area contributed by atoms with Crippen molar-refractivity contribution < 1.29 is 4.79 Å². The van der Waals surface area contributed by atoms with Gasteiger partial charge in [0, 0.05) is 34.6 Å². The number of carbonyl (C=O) groups excluding carboxylic acids is 1. The normalized spacial score (nSPS) is 19.5. The Hall–Kier alpha value is -2.27. The number of aromatic nitrogens is 1. The second-order valence-electron chi connectivity index (χ2n) is 6.68. The predicted molar refractivity (Wildman–Crippen MR) is 97.7 cm³/mol. The molecule has 0 fully saturated rings. The van der Waals surface area contributed by atoms with E-state index in [2.05, 4.69) is 33.5 Å². The molecule has 0 saturated heterocycles. The van der Waals surface area contributed by atoms with Crippen LogP contribution in [-0.2, 0) is 19.9 Å². The summed E-state index contributed by atoms with van der Waals surface area (Å²) in [5, 5.41) is 8.98. The van der Waals surface area contributed by atoms with Crippen molar-refractivity contribution >= 4 is 33.1 Å². The highest BCUT2D eigenvalue weighted by molar-refractivity contribution is 7.16. The summed E-state index contributed by atoms with van der Waals surface area (Å²) in [7, 11) is 2.05. The number of amides is 1. The highest BCUT2D eigenvalue weighted by Gasteiger charge is 2.32. The van der Waals surface area contributed by atoms with E-state index in [0.717, 1.165) is 29.0 Å². The Bertz CT molecular complexity index is 969. The molecular weight excluding hydrogens is 318 g/mol. The Balaban J connectivity index is 1.60. The third-order valence-corrected chi connectivity index (χ3v) is 6.41. The first-order valence-corrected chi connectivity index (χ1v) is 9.30. The number of thiophene rings is 1. The van der Waals surface area contributed by atoms with E-state index in [1.54, 1.807) is 11.3 Å². The largest absolute Gasteiger partial charge is 0.353 e. The van der Waals surface area contributed by atoms with Gasteiger partial charge in [0.15, 0.2) is 0 Å². The monoisotopic (exact) mass is 337 g/mol. The molecule has 0 spiro atoms. The van der Waals surface area contributed by atoms with Crippen LogP contribution in [-0.4, -0.2) is 10.5 Å². The maximum Gasteiger partial charge on any atom is 0.256 e. The molecule has 1 amide bonds. The minimum Gasteiger partial charge on any atom is -0.353 e. The van der Waals surface area contributed by atoms with Gasteiger partial charge in [0.05, 0.1) is 5.56 Å². The van der Waals surface area contributed by atoms with Crippen LogP contribution in [0.3, 0.4) is 0 Å². The second kappa shape index (κ2) is 5.11. The summed E-state index contributed by atoms with van der Waals surface area (Å²) in [5.41, 5.74) is 4.48. The summed E-state index contributed by atoms with van der Waals surface area (Å²) in [4.78, 5) is 14.2. The van der Waals surface area contributed by atoms with E-state index in [1.165, 1.54) is 34.2 Å². The van der Waals surface area contributed by atoms with Gasteiger partial charge in [0.1, 0.15) is 11.2 Å². The van der Waals surface area contributed by atoms with E-state index < -0.39 is 0 Å². The average Bonchev–Trinajstić information content (AvgIpc) is 3.13. The number of carbonyl (C=O) groups is 1. The molecule has 3 aromatic rings. The summed E-state index contributed by atoms with van der Waals surface area (Å²) < 4.78 is 2.12. The van der Waals surface area contributed by atoms with E-state index in [1.807, 2.05) is 19.2 Å². The van der Waals surface area contributed by atoms with Crippen molar-refractivity contribution in [2.24, 2.45) is 7.05 Å². The molecular formula is C19H19N3OS. The van der Waals surface area contributed by atoms with Gasteiger partial charge in [-0.25, -0.2) is 0 Å². The number of para-hydroxylation sites is 1. The quantitative estimate of drug-likeness (QED) is 0.706. The van der Waals surface area contributed by atoms with Gasteiger partial charge in [-0.3, -0.25) is 4.79 Å². The van der Waals surface area contributed by atoms with Crippen molar-refractivity contribution in [2.45, 2.75) is 31.8 Å². The van der Waals surface area contributed by atoms with Gasteiger partial charge < -0.3 is 15.2 Å². The van der Waals surface area contributed by atoms with Crippen LogP contribution in [0, 0.1) is 0 Å². The molecule has 4 nitrogen and oxygen atoms in total. The van der Waals surface area contributed by atoms with E-state index in [-0.39, 0.29) is 12.1 Å². The smallest absolute Gasteiger partial charge is 0.256 e. The van der Waals surface area contributed by atoms with Crippen LogP contribution >= 0.6 is 11.3 Å². The molecule has 1 aliphatic carbocycles. The van der Waals surface area contributed by atoms with E-state index in [0.29, 0.717) is 0 Å². The summed E-state index contributed by atoms with van der Waals surface area (Å²) in [6, 6.07) is 8.32. The van der Waals surface area contributed by atoms with Crippen molar-refractivity contribution in [3.05, 3.63) is 52.0 Å². The zero-order valence-corrected chi connectivity index (χ0v) is 14.4. The number of nitrogens with one attached hydrogen (secondary N) is 2. The Morgan fingerprint density at radius 3 is 2.92 bits per heavy atom. The van der Waals surface area contributed by atoms with Gasteiger partial charge in [-0.2, -0.15) is 0 Å². The topological polar surface area (TPSA) is 46.1 Å². The number of aryl methyl sites for hydroxylation is 2. The third-order valence-electron chi connectivity index (χ3n) is 5.19. The lowest BCUT2D eigenvalue weighted by atomic mass is 9.94. The van der Waals surface area contributed by atoms with Crippen molar-refractivity contribution in [1.29, 1.82) is 0 Å². The van der Waals surface area contributed by atoms with Crippen LogP contribution < -0.4 is 10.6 Å². The third kappa shape index (κ3) is 1.94. The first-order chi connectivity index (χ1) is 11.7. The van der Waals surface area contributed by atoms with Gasteiger partial charge in [-0.05, 0) is 37.3 Å². The molecule has 5 heteroatoms.